The van der Waals surface area contributed by atoms with Gasteiger partial charge >= 0.3 is 0 Å². The maximum Gasteiger partial charge on any atom is 0.255 e. The normalized spacial score (nSPS) is 12.6. The topological polar surface area (TPSA) is 116 Å². The largest absolute Gasteiger partial charge is 0.322 e. The molecule has 0 aliphatic rings. The van der Waals surface area contributed by atoms with E-state index in [1.807, 2.05) is 0 Å². The summed E-state index contributed by atoms with van der Waals surface area (Å²) in [6.45, 7) is 0. The lowest BCUT2D eigenvalue weighted by Crippen LogP contribution is -2.11. The first-order valence-corrected chi connectivity index (χ1v) is 7.92. The molecule has 2 aromatic rings. The number of anilines is 1. The van der Waals surface area contributed by atoms with Crippen LogP contribution in [0.1, 0.15) is 10.4 Å². The summed E-state index contributed by atoms with van der Waals surface area (Å²) in [6.07, 6.45) is 0. The number of carbonyl (C=O) groups excluding carboxylic acids is 1. The van der Waals surface area contributed by atoms with E-state index in [9.17, 15) is 13.6 Å². The Labute approximate surface area is 141 Å². The molecule has 1 unspecified atom stereocenters. The highest BCUT2D eigenvalue weighted by molar-refractivity contribution is 7.79. The molecule has 0 saturated carbocycles. The zero-order valence-electron chi connectivity index (χ0n) is 13.0. The lowest BCUT2D eigenvalue weighted by molar-refractivity contribution is 0.102. The van der Waals surface area contributed by atoms with Gasteiger partial charge in [0.25, 0.3) is 5.91 Å². The third kappa shape index (κ3) is 4.37. The van der Waals surface area contributed by atoms with Gasteiger partial charge in [-0.05, 0) is 42.5 Å². The molecule has 124 valence electrons. The lowest BCUT2D eigenvalue weighted by Gasteiger charge is -2.08. The number of amides is 1. The van der Waals surface area contributed by atoms with Crippen molar-refractivity contribution >= 4 is 34.0 Å². The summed E-state index contributed by atoms with van der Waals surface area (Å²) in [5, 5.41) is 17.5. The second-order valence-electron chi connectivity index (χ2n) is 4.53. The molecule has 1 atom stereocenters. The molecule has 0 aliphatic carbocycles. The fourth-order valence-corrected chi connectivity index (χ4v) is 2.44. The van der Waals surface area contributed by atoms with Crippen LogP contribution in [0.15, 0.2) is 67.8 Å². The second kappa shape index (κ2) is 8.18. The minimum Gasteiger partial charge on any atom is -0.322 e. The van der Waals surface area contributed by atoms with Gasteiger partial charge in [-0.3, -0.25) is 4.79 Å². The molecule has 0 bridgehead atoms. The quantitative estimate of drug-likeness (QED) is 0.631. The van der Waals surface area contributed by atoms with Crippen molar-refractivity contribution in [3.05, 3.63) is 48.0 Å². The van der Waals surface area contributed by atoms with Crippen LogP contribution >= 0.6 is 0 Å². The highest BCUT2D eigenvalue weighted by Gasteiger charge is 2.12. The Kier molecular flexibility index (Phi) is 5.99. The Bertz CT molecular complexity index is 818. The third-order valence-electron chi connectivity index (χ3n) is 2.96. The van der Waals surface area contributed by atoms with Crippen LogP contribution in [0.3, 0.4) is 0 Å². The molecule has 2 aromatic carbocycles. The van der Waals surface area contributed by atoms with Crippen molar-refractivity contribution in [2.45, 2.75) is 4.90 Å². The average molecular weight is 345 g/mol. The SMILES string of the molecule is C/N=N/c1ccc(C(=O)Nc2ccc(/N=N/C)c(S(=O)O)c2)cc1. The zero-order valence-corrected chi connectivity index (χ0v) is 13.8. The standard InChI is InChI=1S/C15H15N5O3S/c1-16-19-11-5-3-10(4-6-11)15(21)18-12-7-8-13(20-17-2)14(9-12)24(22)23/h3-9H,1-2H3,(H,18,21)(H,22,23)/b19-16+,20-17+. The highest BCUT2D eigenvalue weighted by Crippen LogP contribution is 2.26. The molecule has 2 N–H and O–H groups in total. The van der Waals surface area contributed by atoms with Crippen molar-refractivity contribution in [2.24, 2.45) is 20.5 Å². The van der Waals surface area contributed by atoms with Gasteiger partial charge in [0.1, 0.15) is 5.69 Å². The van der Waals surface area contributed by atoms with E-state index in [2.05, 4.69) is 25.8 Å². The fraction of sp³-hybridized carbons (Fsp3) is 0.133. The first kappa shape index (κ1) is 17.6. The summed E-state index contributed by atoms with van der Waals surface area (Å²) in [6, 6.07) is 11.0. The average Bonchev–Trinajstić information content (AvgIpc) is 2.57. The van der Waals surface area contributed by atoms with E-state index in [-0.39, 0.29) is 16.5 Å². The molecular formula is C15H15N5O3S. The summed E-state index contributed by atoms with van der Waals surface area (Å²) in [5.41, 5.74) is 1.71. The first-order valence-electron chi connectivity index (χ1n) is 6.81. The molecule has 0 aliphatic heterocycles. The third-order valence-corrected chi connectivity index (χ3v) is 3.66. The molecule has 8 nitrogen and oxygen atoms in total. The number of rotatable bonds is 5. The van der Waals surface area contributed by atoms with Crippen molar-refractivity contribution in [2.75, 3.05) is 19.4 Å². The summed E-state index contributed by atoms with van der Waals surface area (Å²) in [7, 11) is 3.02. The van der Waals surface area contributed by atoms with Gasteiger partial charge in [-0.15, -0.1) is 0 Å². The minimum absolute atomic E-state index is 0.0668. The van der Waals surface area contributed by atoms with Gasteiger partial charge in [0.15, 0.2) is 11.1 Å². The maximum atomic E-state index is 12.2. The number of nitrogens with zero attached hydrogens (tertiary/aromatic N) is 4. The molecule has 0 radical (unpaired) electrons. The predicted octanol–water partition coefficient (Wildman–Crippen LogP) is 3.95. The van der Waals surface area contributed by atoms with Crippen molar-refractivity contribution in [1.82, 2.24) is 0 Å². The summed E-state index contributed by atoms with van der Waals surface area (Å²) in [5.74, 6) is -0.352. The van der Waals surface area contributed by atoms with Crippen LogP contribution in [-0.4, -0.2) is 28.8 Å². The van der Waals surface area contributed by atoms with Crippen LogP contribution in [0.5, 0.6) is 0 Å². The van der Waals surface area contributed by atoms with E-state index >= 15 is 0 Å². The van der Waals surface area contributed by atoms with Crippen LogP contribution < -0.4 is 5.32 Å². The van der Waals surface area contributed by atoms with Crippen LogP contribution in [0.2, 0.25) is 0 Å². The molecule has 0 fully saturated rings. The smallest absolute Gasteiger partial charge is 0.255 e. The van der Waals surface area contributed by atoms with Crippen molar-refractivity contribution in [3.8, 4) is 0 Å². The molecule has 0 aromatic heterocycles. The Hall–Kier alpha value is -2.78. The molecule has 0 saturated heterocycles. The second-order valence-corrected chi connectivity index (χ2v) is 5.47. The number of azo groups is 2. The van der Waals surface area contributed by atoms with Crippen LogP contribution in [-0.2, 0) is 11.1 Å². The highest BCUT2D eigenvalue weighted by atomic mass is 32.2. The molecule has 2 rings (SSSR count). The van der Waals surface area contributed by atoms with E-state index in [1.165, 1.54) is 19.2 Å². The zero-order chi connectivity index (χ0) is 17.5. The van der Waals surface area contributed by atoms with Crippen LogP contribution in [0.25, 0.3) is 0 Å². The van der Waals surface area contributed by atoms with E-state index in [0.717, 1.165) is 0 Å². The monoisotopic (exact) mass is 345 g/mol. The van der Waals surface area contributed by atoms with Crippen LogP contribution in [0.4, 0.5) is 17.1 Å². The number of nitrogens with one attached hydrogen (secondary N) is 1. The number of benzene rings is 2. The fourth-order valence-electron chi connectivity index (χ4n) is 1.92. The summed E-state index contributed by atoms with van der Waals surface area (Å²) >= 11 is -2.24. The van der Waals surface area contributed by atoms with Gasteiger partial charge in [-0.1, -0.05) is 0 Å². The Morgan fingerprint density at radius 2 is 1.71 bits per heavy atom. The molecule has 0 heterocycles. The van der Waals surface area contributed by atoms with E-state index < -0.39 is 11.1 Å². The van der Waals surface area contributed by atoms with Gasteiger partial charge in [0, 0.05) is 25.3 Å². The van der Waals surface area contributed by atoms with Gasteiger partial charge in [0.05, 0.1) is 10.6 Å². The predicted molar refractivity (Wildman–Crippen MR) is 90.8 cm³/mol. The maximum absolute atomic E-state index is 12.2. The van der Waals surface area contributed by atoms with Crippen molar-refractivity contribution in [1.29, 1.82) is 0 Å². The molecular weight excluding hydrogens is 330 g/mol. The number of hydrogen-bond acceptors (Lipinski definition) is 6. The molecule has 9 heteroatoms. The Balaban J connectivity index is 2.22. The number of carbonyl (C=O) groups is 1. The molecule has 0 spiro atoms. The Morgan fingerprint density at radius 1 is 1.04 bits per heavy atom. The Morgan fingerprint density at radius 3 is 2.29 bits per heavy atom. The van der Waals surface area contributed by atoms with Crippen LogP contribution in [0, 0.1) is 0 Å². The van der Waals surface area contributed by atoms with Crippen molar-refractivity contribution in [3.63, 3.8) is 0 Å². The lowest BCUT2D eigenvalue weighted by atomic mass is 10.2. The van der Waals surface area contributed by atoms with Gasteiger partial charge in [-0.25, -0.2) is 4.21 Å². The number of hydrogen-bond donors (Lipinski definition) is 2. The van der Waals surface area contributed by atoms with Gasteiger partial charge in [-0.2, -0.15) is 20.5 Å². The molecule has 1 amide bonds. The minimum atomic E-state index is -2.24. The van der Waals surface area contributed by atoms with Crippen molar-refractivity contribution < 1.29 is 13.6 Å². The van der Waals surface area contributed by atoms with E-state index in [0.29, 0.717) is 16.9 Å². The van der Waals surface area contributed by atoms with Gasteiger partial charge < -0.3 is 9.87 Å². The first-order chi connectivity index (χ1) is 11.5. The molecule has 24 heavy (non-hydrogen) atoms. The summed E-state index contributed by atoms with van der Waals surface area (Å²) < 4.78 is 20.7. The van der Waals surface area contributed by atoms with E-state index in [4.69, 9.17) is 0 Å². The summed E-state index contributed by atoms with van der Waals surface area (Å²) in [4.78, 5) is 12.3. The van der Waals surface area contributed by atoms with E-state index in [1.54, 1.807) is 37.4 Å². The van der Waals surface area contributed by atoms with Gasteiger partial charge in [0.2, 0.25) is 0 Å².